The largest absolute Gasteiger partial charge is 0.342 e. The summed E-state index contributed by atoms with van der Waals surface area (Å²) in [5.74, 6) is -0.0430. The van der Waals surface area contributed by atoms with Crippen LogP contribution in [0.15, 0.2) is 48.8 Å². The monoisotopic (exact) mass is 346 g/mol. The summed E-state index contributed by atoms with van der Waals surface area (Å²) >= 11 is 0. The molecule has 4 rings (SSSR count). The Balaban J connectivity index is 1.84. The van der Waals surface area contributed by atoms with Gasteiger partial charge in [-0.05, 0) is 42.5 Å². The van der Waals surface area contributed by atoms with Crippen LogP contribution in [0.25, 0.3) is 11.4 Å². The van der Waals surface area contributed by atoms with Crippen LogP contribution in [0.2, 0.25) is 0 Å². The van der Waals surface area contributed by atoms with Crippen LogP contribution in [0.5, 0.6) is 0 Å². The number of hydrogen-bond donors (Lipinski definition) is 1. The van der Waals surface area contributed by atoms with E-state index in [0.717, 1.165) is 35.4 Å². The Morgan fingerprint density at radius 1 is 1.19 bits per heavy atom. The molecule has 0 aliphatic carbocycles. The number of fused-ring (bicyclic) bond motifs is 1. The molecule has 0 fully saturated rings. The van der Waals surface area contributed by atoms with Gasteiger partial charge in [-0.3, -0.25) is 14.5 Å². The fourth-order valence-electron chi connectivity index (χ4n) is 3.92. The molecule has 0 saturated heterocycles. The van der Waals surface area contributed by atoms with Crippen molar-refractivity contribution in [2.75, 3.05) is 0 Å². The van der Waals surface area contributed by atoms with Gasteiger partial charge in [0.05, 0.1) is 28.7 Å². The first-order valence-corrected chi connectivity index (χ1v) is 8.90. The van der Waals surface area contributed by atoms with Crippen molar-refractivity contribution in [2.45, 2.75) is 32.2 Å². The zero-order chi connectivity index (χ0) is 18.3. The number of benzene rings is 1. The number of pyridine rings is 1. The van der Waals surface area contributed by atoms with Gasteiger partial charge in [0, 0.05) is 13.2 Å². The highest BCUT2D eigenvalue weighted by atomic mass is 16.2. The number of rotatable bonds is 4. The zero-order valence-electron chi connectivity index (χ0n) is 15.3. The average Bonchev–Trinajstić information content (AvgIpc) is 3.13. The molecule has 3 heterocycles. The summed E-state index contributed by atoms with van der Waals surface area (Å²) in [7, 11) is 1.91. The second kappa shape index (κ2) is 6.09. The molecule has 5 nitrogen and oxygen atoms in total. The van der Waals surface area contributed by atoms with Gasteiger partial charge in [-0.25, -0.2) is 0 Å². The van der Waals surface area contributed by atoms with Gasteiger partial charge in [0.15, 0.2) is 0 Å². The highest BCUT2D eigenvalue weighted by Gasteiger charge is 2.42. The number of hydrogen-bond acceptors (Lipinski definition) is 3. The van der Waals surface area contributed by atoms with Gasteiger partial charge >= 0.3 is 0 Å². The molecule has 0 radical (unpaired) electrons. The van der Waals surface area contributed by atoms with Crippen LogP contribution >= 0.6 is 0 Å². The van der Waals surface area contributed by atoms with Gasteiger partial charge in [0.2, 0.25) is 0 Å². The molecule has 1 N–H and O–H groups in total. The van der Waals surface area contributed by atoms with Gasteiger partial charge in [0.1, 0.15) is 0 Å². The van der Waals surface area contributed by atoms with E-state index >= 15 is 0 Å². The number of nitrogens with one attached hydrogen (secondary N) is 1. The summed E-state index contributed by atoms with van der Waals surface area (Å²) in [5, 5.41) is 7.55. The van der Waals surface area contributed by atoms with Crippen LogP contribution in [0.1, 0.15) is 40.4 Å². The minimum Gasteiger partial charge on any atom is -0.342 e. The average molecular weight is 346 g/mol. The summed E-state index contributed by atoms with van der Waals surface area (Å²) in [6.45, 7) is 4.14. The number of carbonyl (C=O) groups is 1. The fraction of sp³-hybridized carbons (Fsp3) is 0.286. The third-order valence-corrected chi connectivity index (χ3v) is 5.33. The first-order chi connectivity index (χ1) is 12.5. The predicted molar refractivity (Wildman–Crippen MR) is 101 cm³/mol. The van der Waals surface area contributed by atoms with E-state index in [-0.39, 0.29) is 5.91 Å². The minimum atomic E-state index is -0.405. The van der Waals surface area contributed by atoms with E-state index in [9.17, 15) is 4.79 Å². The standard InChI is InChI=1S/C21H22N4O/c1-4-21(11-15-8-6-5-7-9-15)17-10-18(19-14(2)12-23-25(19)3)22-13-16(17)20(26)24-21/h5-10,12-13H,4,11H2,1-3H3,(H,24,26). The molecule has 0 bridgehead atoms. The maximum atomic E-state index is 12.6. The number of amides is 1. The summed E-state index contributed by atoms with van der Waals surface area (Å²) in [6, 6.07) is 12.4. The molecular formula is C21H22N4O. The van der Waals surface area contributed by atoms with Crippen molar-refractivity contribution in [3.8, 4) is 11.4 Å². The van der Waals surface area contributed by atoms with Gasteiger partial charge in [-0.15, -0.1) is 0 Å². The molecule has 1 aromatic carbocycles. The van der Waals surface area contributed by atoms with Gasteiger partial charge < -0.3 is 5.32 Å². The van der Waals surface area contributed by atoms with Crippen molar-refractivity contribution >= 4 is 5.91 Å². The van der Waals surface area contributed by atoms with Crippen molar-refractivity contribution in [1.82, 2.24) is 20.1 Å². The Bertz CT molecular complexity index is 957. The molecule has 0 saturated carbocycles. The zero-order valence-corrected chi connectivity index (χ0v) is 15.3. The smallest absolute Gasteiger partial charge is 0.253 e. The Morgan fingerprint density at radius 2 is 1.96 bits per heavy atom. The van der Waals surface area contributed by atoms with E-state index in [1.165, 1.54) is 5.56 Å². The molecule has 132 valence electrons. The van der Waals surface area contributed by atoms with E-state index in [4.69, 9.17) is 0 Å². The lowest BCUT2D eigenvalue weighted by Gasteiger charge is -2.29. The maximum absolute atomic E-state index is 12.6. The summed E-state index contributed by atoms with van der Waals surface area (Å²) in [4.78, 5) is 17.1. The Hall–Kier alpha value is -2.95. The second-order valence-corrected chi connectivity index (χ2v) is 6.97. The minimum absolute atomic E-state index is 0.0430. The van der Waals surface area contributed by atoms with Crippen molar-refractivity contribution < 1.29 is 4.79 Å². The van der Waals surface area contributed by atoms with E-state index in [1.807, 2.05) is 43.0 Å². The molecule has 1 unspecified atom stereocenters. The van der Waals surface area contributed by atoms with Gasteiger partial charge in [-0.2, -0.15) is 5.10 Å². The lowest BCUT2D eigenvalue weighted by Crippen LogP contribution is -2.40. The number of aryl methyl sites for hydroxylation is 2. The van der Waals surface area contributed by atoms with Gasteiger partial charge in [-0.1, -0.05) is 37.3 Å². The highest BCUT2D eigenvalue weighted by molar-refractivity contribution is 6.00. The summed E-state index contributed by atoms with van der Waals surface area (Å²) in [6.07, 6.45) is 5.12. The molecular weight excluding hydrogens is 324 g/mol. The van der Waals surface area contributed by atoms with Crippen molar-refractivity contribution in [2.24, 2.45) is 7.05 Å². The van der Waals surface area contributed by atoms with Crippen LogP contribution in [-0.2, 0) is 19.0 Å². The summed E-state index contributed by atoms with van der Waals surface area (Å²) < 4.78 is 1.83. The lowest BCUT2D eigenvalue weighted by atomic mass is 9.82. The molecule has 3 aromatic rings. The first-order valence-electron chi connectivity index (χ1n) is 8.90. The lowest BCUT2D eigenvalue weighted by molar-refractivity contribution is 0.0927. The van der Waals surface area contributed by atoms with E-state index < -0.39 is 5.54 Å². The molecule has 2 aromatic heterocycles. The Kier molecular flexibility index (Phi) is 3.87. The molecule has 1 aliphatic rings. The number of carbonyl (C=O) groups excluding carboxylic acids is 1. The van der Waals surface area contributed by atoms with Crippen molar-refractivity contribution in [3.63, 3.8) is 0 Å². The normalized spacial score (nSPS) is 18.7. The van der Waals surface area contributed by atoms with E-state index in [2.05, 4.69) is 40.5 Å². The number of nitrogens with zero attached hydrogens (tertiary/aromatic N) is 3. The maximum Gasteiger partial charge on any atom is 0.253 e. The second-order valence-electron chi connectivity index (χ2n) is 6.97. The van der Waals surface area contributed by atoms with E-state index in [1.54, 1.807) is 6.20 Å². The molecule has 26 heavy (non-hydrogen) atoms. The van der Waals surface area contributed by atoms with Crippen LogP contribution in [0, 0.1) is 6.92 Å². The molecule has 0 spiro atoms. The molecule has 1 aliphatic heterocycles. The third-order valence-electron chi connectivity index (χ3n) is 5.33. The Labute approximate surface area is 153 Å². The Morgan fingerprint density at radius 3 is 2.62 bits per heavy atom. The quantitative estimate of drug-likeness (QED) is 0.788. The topological polar surface area (TPSA) is 59.8 Å². The number of aromatic nitrogens is 3. The third kappa shape index (κ3) is 2.51. The molecule has 1 atom stereocenters. The van der Waals surface area contributed by atoms with Crippen LogP contribution in [0.4, 0.5) is 0 Å². The molecule has 1 amide bonds. The predicted octanol–water partition coefficient (Wildman–Crippen LogP) is 3.38. The van der Waals surface area contributed by atoms with Crippen molar-refractivity contribution in [3.05, 3.63) is 71.0 Å². The SMILES string of the molecule is CCC1(Cc2ccccc2)NC(=O)c2cnc(-c3c(C)cnn3C)cc21. The first kappa shape index (κ1) is 16.5. The highest BCUT2D eigenvalue weighted by Crippen LogP contribution is 2.38. The van der Waals surface area contributed by atoms with Crippen LogP contribution < -0.4 is 5.32 Å². The fourth-order valence-corrected chi connectivity index (χ4v) is 3.92. The summed E-state index contributed by atoms with van der Waals surface area (Å²) in [5.41, 5.74) is 5.41. The van der Waals surface area contributed by atoms with Crippen LogP contribution in [0.3, 0.4) is 0 Å². The van der Waals surface area contributed by atoms with Crippen molar-refractivity contribution in [1.29, 1.82) is 0 Å². The van der Waals surface area contributed by atoms with E-state index in [0.29, 0.717) is 5.56 Å². The van der Waals surface area contributed by atoms with Crippen LogP contribution in [-0.4, -0.2) is 20.7 Å². The van der Waals surface area contributed by atoms with Gasteiger partial charge in [0.25, 0.3) is 5.91 Å². The molecule has 5 heteroatoms.